The first-order chi connectivity index (χ1) is 8.66. The number of aliphatic carboxylic acids is 1. The Labute approximate surface area is 108 Å². The third-order valence-electron chi connectivity index (χ3n) is 3.26. The lowest BCUT2D eigenvalue weighted by atomic mass is 9.91. The van der Waals surface area contributed by atoms with Crippen molar-refractivity contribution in [1.82, 2.24) is 14.5 Å². The van der Waals surface area contributed by atoms with E-state index in [-0.39, 0.29) is 0 Å². The quantitative estimate of drug-likeness (QED) is 0.900. The second-order valence-electron chi connectivity index (χ2n) is 4.47. The largest absolute Gasteiger partial charge is 0.481 e. The van der Waals surface area contributed by atoms with Gasteiger partial charge in [0.15, 0.2) is 10.8 Å². The van der Waals surface area contributed by atoms with Gasteiger partial charge in [-0.3, -0.25) is 4.79 Å². The van der Waals surface area contributed by atoms with Gasteiger partial charge in [0.2, 0.25) is 0 Å². The number of hydrogen-bond donors (Lipinski definition) is 1. The molecule has 0 aromatic carbocycles. The summed E-state index contributed by atoms with van der Waals surface area (Å²) in [4.78, 5) is 21.1. The Morgan fingerprint density at radius 3 is 3.11 bits per heavy atom. The van der Waals surface area contributed by atoms with Gasteiger partial charge in [-0.15, -0.1) is 11.3 Å². The number of aromatic nitrogens is 3. The van der Waals surface area contributed by atoms with Crippen LogP contribution in [-0.4, -0.2) is 25.6 Å². The predicted octanol–water partition coefficient (Wildman–Crippen LogP) is 2.05. The van der Waals surface area contributed by atoms with Crippen molar-refractivity contribution >= 4 is 17.3 Å². The molecule has 1 atom stereocenters. The number of imidazole rings is 1. The number of hydrogen-bond acceptors (Lipinski definition) is 4. The van der Waals surface area contributed by atoms with Crippen LogP contribution in [0.3, 0.4) is 0 Å². The Morgan fingerprint density at radius 2 is 2.44 bits per heavy atom. The minimum Gasteiger partial charge on any atom is -0.481 e. The molecule has 18 heavy (non-hydrogen) atoms. The first-order valence-electron chi connectivity index (χ1n) is 5.87. The number of carbonyl (C=O) groups is 1. The molecule has 0 radical (unpaired) electrons. The molecular formula is C12H13N3O2S. The van der Waals surface area contributed by atoms with Gasteiger partial charge in [-0.2, -0.15) is 0 Å². The molecule has 5 nitrogen and oxygen atoms in total. The van der Waals surface area contributed by atoms with Crippen molar-refractivity contribution in [3.8, 4) is 10.8 Å². The average Bonchev–Trinajstić information content (AvgIpc) is 2.92. The van der Waals surface area contributed by atoms with E-state index in [1.54, 1.807) is 17.5 Å². The highest BCUT2D eigenvalue weighted by atomic mass is 32.1. The van der Waals surface area contributed by atoms with Crippen LogP contribution in [0, 0.1) is 0 Å². The molecule has 94 valence electrons. The molecule has 2 aromatic rings. The molecule has 2 aromatic heterocycles. The monoisotopic (exact) mass is 263 g/mol. The molecule has 1 N–H and O–H groups in total. The van der Waals surface area contributed by atoms with Gasteiger partial charge in [-0.05, 0) is 19.3 Å². The summed E-state index contributed by atoms with van der Waals surface area (Å²) in [6, 6.07) is 0. The smallest absolute Gasteiger partial charge is 0.312 e. The van der Waals surface area contributed by atoms with Gasteiger partial charge in [0.05, 0.1) is 5.69 Å². The Bertz CT molecular complexity index is 602. The summed E-state index contributed by atoms with van der Waals surface area (Å²) in [5, 5.41) is 10.0. The maximum atomic E-state index is 11.2. The number of rotatable bonds is 2. The van der Waals surface area contributed by atoms with Crippen molar-refractivity contribution in [3.63, 3.8) is 0 Å². The Morgan fingerprint density at radius 1 is 1.61 bits per heavy atom. The number of aryl methyl sites for hydroxylation is 2. The van der Waals surface area contributed by atoms with E-state index in [1.165, 1.54) is 0 Å². The molecular weight excluding hydrogens is 250 g/mol. The maximum absolute atomic E-state index is 11.2. The van der Waals surface area contributed by atoms with Crippen molar-refractivity contribution < 1.29 is 9.90 Å². The van der Waals surface area contributed by atoms with Crippen LogP contribution in [0.2, 0.25) is 0 Å². The SMILES string of the molecule is Cn1ccnc1-c1nc2c(s1)CCCC2C(=O)O. The number of fused-ring (bicyclic) bond motifs is 1. The molecule has 0 bridgehead atoms. The lowest BCUT2D eigenvalue weighted by Gasteiger charge is -2.16. The first-order valence-corrected chi connectivity index (χ1v) is 6.68. The van der Waals surface area contributed by atoms with Gasteiger partial charge in [-0.25, -0.2) is 9.97 Å². The highest BCUT2D eigenvalue weighted by molar-refractivity contribution is 7.15. The maximum Gasteiger partial charge on any atom is 0.312 e. The molecule has 0 fully saturated rings. The van der Waals surface area contributed by atoms with Crippen LogP contribution in [0.15, 0.2) is 12.4 Å². The zero-order valence-electron chi connectivity index (χ0n) is 9.96. The fraction of sp³-hybridized carbons (Fsp3) is 0.417. The van der Waals surface area contributed by atoms with E-state index in [0.717, 1.165) is 34.2 Å². The molecule has 1 aliphatic carbocycles. The number of carboxylic acids is 1. The van der Waals surface area contributed by atoms with E-state index in [4.69, 9.17) is 0 Å². The van der Waals surface area contributed by atoms with Crippen molar-refractivity contribution in [2.75, 3.05) is 0 Å². The lowest BCUT2D eigenvalue weighted by Crippen LogP contribution is -2.17. The predicted molar refractivity (Wildman–Crippen MR) is 67.6 cm³/mol. The van der Waals surface area contributed by atoms with Crippen molar-refractivity contribution in [1.29, 1.82) is 0 Å². The summed E-state index contributed by atoms with van der Waals surface area (Å²) >= 11 is 1.57. The Hall–Kier alpha value is -1.69. The molecule has 6 heteroatoms. The number of nitrogens with zero attached hydrogens (tertiary/aromatic N) is 3. The molecule has 0 amide bonds. The Kier molecular flexibility index (Phi) is 2.66. The summed E-state index contributed by atoms with van der Waals surface area (Å²) in [5.74, 6) is -0.412. The van der Waals surface area contributed by atoms with Gasteiger partial charge in [-0.1, -0.05) is 0 Å². The highest BCUT2D eigenvalue weighted by Gasteiger charge is 2.30. The minimum absolute atomic E-state index is 0.445. The van der Waals surface area contributed by atoms with Crippen molar-refractivity contribution in [2.24, 2.45) is 7.05 Å². The van der Waals surface area contributed by atoms with Crippen LogP contribution in [0.5, 0.6) is 0 Å². The standard InChI is InChI=1S/C12H13N3O2S/c1-15-6-5-13-10(15)11-14-9-7(12(16)17)3-2-4-8(9)18-11/h5-7H,2-4H2,1H3,(H,16,17). The van der Waals surface area contributed by atoms with E-state index < -0.39 is 11.9 Å². The summed E-state index contributed by atoms with van der Waals surface area (Å²) in [5.41, 5.74) is 0.747. The fourth-order valence-electron chi connectivity index (χ4n) is 2.33. The molecule has 0 spiro atoms. The molecule has 0 saturated heterocycles. The van der Waals surface area contributed by atoms with Crippen LogP contribution in [0.25, 0.3) is 10.8 Å². The molecule has 0 saturated carbocycles. The Balaban J connectivity index is 2.06. The molecule has 0 aliphatic heterocycles. The minimum atomic E-state index is -0.771. The van der Waals surface area contributed by atoms with Gasteiger partial charge >= 0.3 is 5.97 Å². The zero-order chi connectivity index (χ0) is 12.7. The second-order valence-corrected chi connectivity index (χ2v) is 5.56. The normalized spacial score (nSPS) is 18.6. The van der Waals surface area contributed by atoms with Crippen molar-refractivity contribution in [2.45, 2.75) is 25.2 Å². The summed E-state index contributed by atoms with van der Waals surface area (Å²) in [6.07, 6.45) is 6.13. The lowest BCUT2D eigenvalue weighted by molar-refractivity contribution is -0.139. The van der Waals surface area contributed by atoms with Crippen LogP contribution in [0.1, 0.15) is 29.3 Å². The highest BCUT2D eigenvalue weighted by Crippen LogP contribution is 2.37. The third-order valence-corrected chi connectivity index (χ3v) is 4.39. The van der Waals surface area contributed by atoms with Crippen molar-refractivity contribution in [3.05, 3.63) is 23.0 Å². The van der Waals surface area contributed by atoms with Gasteiger partial charge < -0.3 is 9.67 Å². The molecule has 1 unspecified atom stereocenters. The van der Waals surface area contributed by atoms with Crippen LogP contribution >= 0.6 is 11.3 Å². The topological polar surface area (TPSA) is 68.0 Å². The second kappa shape index (κ2) is 4.20. The van der Waals surface area contributed by atoms with Crippen LogP contribution in [0.4, 0.5) is 0 Å². The average molecular weight is 263 g/mol. The summed E-state index contributed by atoms with van der Waals surface area (Å²) in [7, 11) is 1.91. The van der Waals surface area contributed by atoms with E-state index in [9.17, 15) is 9.90 Å². The summed E-state index contributed by atoms with van der Waals surface area (Å²) < 4.78 is 1.90. The van der Waals surface area contributed by atoms with E-state index in [1.807, 2.05) is 17.8 Å². The van der Waals surface area contributed by atoms with Gasteiger partial charge in [0.25, 0.3) is 0 Å². The fourth-order valence-corrected chi connectivity index (χ4v) is 3.53. The first kappa shape index (κ1) is 11.4. The third kappa shape index (κ3) is 1.73. The van der Waals surface area contributed by atoms with Gasteiger partial charge in [0.1, 0.15) is 5.92 Å². The van der Waals surface area contributed by atoms with E-state index in [0.29, 0.717) is 6.42 Å². The molecule has 3 rings (SSSR count). The summed E-state index contributed by atoms with van der Waals surface area (Å²) in [6.45, 7) is 0. The number of thiazole rings is 1. The van der Waals surface area contributed by atoms with Crippen LogP contribution < -0.4 is 0 Å². The van der Waals surface area contributed by atoms with Gasteiger partial charge in [0, 0.05) is 24.3 Å². The molecule has 1 aliphatic rings. The van der Waals surface area contributed by atoms with E-state index >= 15 is 0 Å². The molecule has 2 heterocycles. The van der Waals surface area contributed by atoms with Crippen LogP contribution in [-0.2, 0) is 18.3 Å². The van der Waals surface area contributed by atoms with E-state index in [2.05, 4.69) is 9.97 Å². The number of carboxylic acid groups (broad SMARTS) is 1. The zero-order valence-corrected chi connectivity index (χ0v) is 10.8.